The summed E-state index contributed by atoms with van der Waals surface area (Å²) in [4.78, 5) is 16.8. The minimum atomic E-state index is -0.633. The van der Waals surface area contributed by atoms with E-state index < -0.39 is 11.7 Å². The minimum absolute atomic E-state index is 0.325. The molecule has 0 saturated heterocycles. The van der Waals surface area contributed by atoms with E-state index in [0.717, 1.165) is 16.5 Å². The number of carbonyl (C=O) groups excluding carboxylic acids is 1. The SMILES string of the molecule is CC.CNCc1cc(C)c(-c2cc3c(C)nn(C(=O)OC(C)(C)C)c3cn2)c(F)c1. The molecule has 0 fully saturated rings. The Kier molecular flexibility index (Phi) is 7.31. The number of fused-ring (bicyclic) bond motifs is 1. The molecular weight excluding hydrogens is 383 g/mol. The lowest BCUT2D eigenvalue weighted by Gasteiger charge is -2.19. The lowest BCUT2D eigenvalue weighted by molar-refractivity contribution is 0.0522. The summed E-state index contributed by atoms with van der Waals surface area (Å²) in [5, 5.41) is 8.04. The van der Waals surface area contributed by atoms with E-state index >= 15 is 0 Å². The number of nitrogens with zero attached hydrogens (tertiary/aromatic N) is 3. The number of rotatable bonds is 3. The molecule has 3 rings (SSSR count). The summed E-state index contributed by atoms with van der Waals surface area (Å²) in [6, 6.07) is 5.22. The molecule has 0 amide bonds. The van der Waals surface area contributed by atoms with Crippen molar-refractivity contribution in [1.29, 1.82) is 0 Å². The molecule has 0 aliphatic carbocycles. The third kappa shape index (κ3) is 5.02. The van der Waals surface area contributed by atoms with Crippen molar-refractivity contribution >= 4 is 17.0 Å². The minimum Gasteiger partial charge on any atom is -0.442 e. The van der Waals surface area contributed by atoms with E-state index in [1.807, 2.05) is 33.9 Å². The third-order valence-electron chi connectivity index (χ3n) is 4.30. The predicted molar refractivity (Wildman–Crippen MR) is 118 cm³/mol. The summed E-state index contributed by atoms with van der Waals surface area (Å²) in [6.07, 6.45) is 0.966. The van der Waals surface area contributed by atoms with E-state index in [1.54, 1.807) is 33.8 Å². The number of aryl methyl sites for hydroxylation is 2. The monoisotopic (exact) mass is 414 g/mol. The van der Waals surface area contributed by atoms with E-state index in [4.69, 9.17) is 4.74 Å². The molecule has 0 bridgehead atoms. The van der Waals surface area contributed by atoms with Crippen molar-refractivity contribution in [3.63, 3.8) is 0 Å². The Morgan fingerprint density at radius 2 is 1.87 bits per heavy atom. The summed E-state index contributed by atoms with van der Waals surface area (Å²) < 4.78 is 21.4. The van der Waals surface area contributed by atoms with Gasteiger partial charge in [0.1, 0.15) is 11.4 Å². The van der Waals surface area contributed by atoms with Crippen LogP contribution in [0.1, 0.15) is 51.4 Å². The van der Waals surface area contributed by atoms with Crippen molar-refractivity contribution in [2.75, 3.05) is 7.05 Å². The van der Waals surface area contributed by atoms with Gasteiger partial charge in [-0.3, -0.25) is 4.98 Å². The fourth-order valence-corrected chi connectivity index (χ4v) is 3.19. The van der Waals surface area contributed by atoms with Crippen LogP contribution in [0.5, 0.6) is 0 Å². The molecule has 0 atom stereocenters. The molecule has 0 aliphatic heterocycles. The normalized spacial score (nSPS) is 11.2. The Hall–Kier alpha value is -2.80. The van der Waals surface area contributed by atoms with Crippen LogP contribution in [0.15, 0.2) is 24.4 Å². The number of ether oxygens (including phenoxy) is 1. The Balaban J connectivity index is 0.00000155. The quantitative estimate of drug-likeness (QED) is 0.623. The molecule has 2 aromatic heterocycles. The zero-order chi connectivity index (χ0) is 22.6. The molecule has 0 spiro atoms. The maximum Gasteiger partial charge on any atom is 0.435 e. The molecule has 0 aliphatic rings. The molecule has 2 heterocycles. The van der Waals surface area contributed by atoms with E-state index in [1.165, 1.54) is 16.9 Å². The molecule has 1 N–H and O–H groups in total. The second-order valence-corrected chi connectivity index (χ2v) is 7.86. The van der Waals surface area contributed by atoms with E-state index in [-0.39, 0.29) is 5.82 Å². The summed E-state index contributed by atoms with van der Waals surface area (Å²) in [6.45, 7) is 13.6. The van der Waals surface area contributed by atoms with Crippen LogP contribution in [-0.2, 0) is 11.3 Å². The topological polar surface area (TPSA) is 69.0 Å². The van der Waals surface area contributed by atoms with E-state index in [9.17, 15) is 9.18 Å². The first-order valence-corrected chi connectivity index (χ1v) is 10.1. The highest BCUT2D eigenvalue weighted by Crippen LogP contribution is 2.30. The fraction of sp³-hybridized carbons (Fsp3) is 0.435. The Labute approximate surface area is 177 Å². The highest BCUT2D eigenvalue weighted by molar-refractivity contribution is 5.91. The highest BCUT2D eigenvalue weighted by atomic mass is 19.1. The number of nitrogens with one attached hydrogen (secondary N) is 1. The predicted octanol–water partition coefficient (Wildman–Crippen LogP) is 5.38. The molecule has 0 saturated carbocycles. The van der Waals surface area contributed by atoms with Gasteiger partial charge in [0, 0.05) is 17.5 Å². The van der Waals surface area contributed by atoms with Gasteiger partial charge in [-0.15, -0.1) is 0 Å². The zero-order valence-corrected chi connectivity index (χ0v) is 19.1. The Morgan fingerprint density at radius 1 is 1.20 bits per heavy atom. The van der Waals surface area contributed by atoms with E-state index in [2.05, 4.69) is 15.4 Å². The van der Waals surface area contributed by atoms with Crippen LogP contribution in [0, 0.1) is 19.7 Å². The molecule has 6 nitrogen and oxygen atoms in total. The fourth-order valence-electron chi connectivity index (χ4n) is 3.19. The van der Waals surface area contributed by atoms with Crippen molar-refractivity contribution in [2.45, 2.75) is 60.6 Å². The van der Waals surface area contributed by atoms with Crippen LogP contribution >= 0.6 is 0 Å². The number of carbonyl (C=O) groups is 1. The number of benzene rings is 1. The smallest absolute Gasteiger partial charge is 0.435 e. The van der Waals surface area contributed by atoms with Gasteiger partial charge in [-0.25, -0.2) is 9.18 Å². The van der Waals surface area contributed by atoms with Crippen LogP contribution in [0.3, 0.4) is 0 Å². The molecule has 30 heavy (non-hydrogen) atoms. The van der Waals surface area contributed by atoms with Crippen molar-refractivity contribution < 1.29 is 13.9 Å². The zero-order valence-electron chi connectivity index (χ0n) is 19.1. The highest BCUT2D eigenvalue weighted by Gasteiger charge is 2.22. The van der Waals surface area contributed by atoms with Crippen molar-refractivity contribution in [3.8, 4) is 11.3 Å². The first kappa shape index (κ1) is 23.5. The van der Waals surface area contributed by atoms with Crippen LogP contribution < -0.4 is 5.32 Å². The van der Waals surface area contributed by atoms with Crippen molar-refractivity contribution in [1.82, 2.24) is 20.1 Å². The second-order valence-electron chi connectivity index (χ2n) is 7.86. The molecule has 0 radical (unpaired) electrons. The van der Waals surface area contributed by atoms with Gasteiger partial charge < -0.3 is 10.1 Å². The van der Waals surface area contributed by atoms with Crippen LogP contribution in [-0.4, -0.2) is 33.5 Å². The van der Waals surface area contributed by atoms with Gasteiger partial charge in [0.15, 0.2) is 0 Å². The molecule has 1 aromatic carbocycles. The molecular formula is C23H31FN4O2. The van der Waals surface area contributed by atoms with Crippen molar-refractivity contribution in [2.24, 2.45) is 0 Å². The van der Waals surface area contributed by atoms with Gasteiger partial charge in [0.25, 0.3) is 0 Å². The van der Waals surface area contributed by atoms with Gasteiger partial charge >= 0.3 is 6.09 Å². The largest absolute Gasteiger partial charge is 0.442 e. The standard InChI is InChI=1S/C21H25FN4O2.C2H6/c1-12-7-14(10-23-6)8-16(22)19(12)17-9-15-13(2)25-26(18(15)11-24-17)20(27)28-21(3,4)5;1-2/h7-9,11,23H,10H2,1-6H3;1-2H3. The first-order chi connectivity index (χ1) is 14.1. The number of hydrogen-bond donors (Lipinski definition) is 1. The van der Waals surface area contributed by atoms with Crippen LogP contribution in [0.4, 0.5) is 9.18 Å². The molecule has 3 aromatic rings. The Morgan fingerprint density at radius 3 is 2.43 bits per heavy atom. The number of hydrogen-bond acceptors (Lipinski definition) is 5. The van der Waals surface area contributed by atoms with Gasteiger partial charge in [-0.05, 0) is 64.9 Å². The number of aromatic nitrogens is 3. The lowest BCUT2D eigenvalue weighted by Crippen LogP contribution is -2.27. The summed E-state index contributed by atoms with van der Waals surface area (Å²) >= 11 is 0. The first-order valence-electron chi connectivity index (χ1n) is 10.1. The summed E-state index contributed by atoms with van der Waals surface area (Å²) in [5.74, 6) is -0.325. The van der Waals surface area contributed by atoms with Gasteiger partial charge in [0.2, 0.25) is 0 Å². The molecule has 7 heteroatoms. The average molecular weight is 415 g/mol. The maximum atomic E-state index is 14.8. The van der Waals surface area contributed by atoms with Crippen LogP contribution in [0.25, 0.3) is 22.2 Å². The van der Waals surface area contributed by atoms with E-state index in [0.29, 0.717) is 29.0 Å². The Bertz CT molecular complexity index is 1030. The summed E-state index contributed by atoms with van der Waals surface area (Å²) in [5.41, 5.74) is 3.17. The molecule has 162 valence electrons. The second kappa shape index (κ2) is 9.34. The van der Waals surface area contributed by atoms with Gasteiger partial charge in [-0.2, -0.15) is 9.78 Å². The van der Waals surface area contributed by atoms with Crippen molar-refractivity contribution in [3.05, 3.63) is 47.0 Å². The number of halogens is 1. The van der Waals surface area contributed by atoms with Gasteiger partial charge in [-0.1, -0.05) is 19.9 Å². The average Bonchev–Trinajstić information content (AvgIpc) is 2.98. The maximum absolute atomic E-state index is 14.8. The third-order valence-corrected chi connectivity index (χ3v) is 4.30. The summed E-state index contributed by atoms with van der Waals surface area (Å²) in [7, 11) is 1.82. The number of pyridine rings is 1. The molecule has 0 unspecified atom stereocenters. The van der Waals surface area contributed by atoms with Gasteiger partial charge in [0.05, 0.1) is 23.1 Å². The van der Waals surface area contributed by atoms with Crippen LogP contribution in [0.2, 0.25) is 0 Å². The lowest BCUT2D eigenvalue weighted by atomic mass is 10.00.